The van der Waals surface area contributed by atoms with Gasteiger partial charge in [0.15, 0.2) is 5.96 Å². The second kappa shape index (κ2) is 9.57. The molecule has 0 saturated carbocycles. The highest BCUT2D eigenvalue weighted by Gasteiger charge is 2.11. The van der Waals surface area contributed by atoms with Gasteiger partial charge in [0.1, 0.15) is 12.4 Å². The second-order valence-electron chi connectivity index (χ2n) is 4.15. The van der Waals surface area contributed by atoms with Crippen molar-refractivity contribution in [3.8, 4) is 5.75 Å². The van der Waals surface area contributed by atoms with Gasteiger partial charge < -0.3 is 15.4 Å². The van der Waals surface area contributed by atoms with E-state index >= 15 is 0 Å². The summed E-state index contributed by atoms with van der Waals surface area (Å²) in [6, 6.07) is 7.34. The number of ether oxygens (including phenoxy) is 1. The predicted molar refractivity (Wildman–Crippen MR) is 97.7 cm³/mol. The van der Waals surface area contributed by atoms with Crippen LogP contribution in [-0.4, -0.2) is 48.6 Å². The molecule has 4 nitrogen and oxygen atoms in total. The lowest BCUT2D eigenvalue weighted by Gasteiger charge is -2.27. The van der Waals surface area contributed by atoms with E-state index in [1.165, 1.54) is 0 Å². The van der Waals surface area contributed by atoms with E-state index < -0.39 is 0 Å². The van der Waals surface area contributed by atoms with Gasteiger partial charge in [-0.1, -0.05) is 17.7 Å². The predicted octanol–water partition coefficient (Wildman–Crippen LogP) is 2.70. The van der Waals surface area contributed by atoms with Crippen molar-refractivity contribution in [3.05, 3.63) is 29.3 Å². The highest BCUT2D eigenvalue weighted by molar-refractivity contribution is 14.0. The number of benzene rings is 1. The third-order valence-corrected chi connectivity index (χ3v) is 3.94. The zero-order valence-electron chi connectivity index (χ0n) is 11.1. The van der Waals surface area contributed by atoms with Crippen LogP contribution in [0.15, 0.2) is 29.3 Å². The number of aliphatic imine (C=N–C) groups is 1. The van der Waals surface area contributed by atoms with E-state index in [4.69, 9.17) is 22.1 Å². The molecule has 0 aromatic heterocycles. The van der Waals surface area contributed by atoms with E-state index in [0.29, 0.717) is 24.1 Å². The largest absolute Gasteiger partial charge is 0.492 e. The SMILES string of the molecule is I.NC(=NCCOc1cccc(Cl)c1)N1CCSCC1. The van der Waals surface area contributed by atoms with Crippen LogP contribution in [0.2, 0.25) is 5.02 Å². The van der Waals surface area contributed by atoms with Gasteiger partial charge in [-0.05, 0) is 18.2 Å². The highest BCUT2D eigenvalue weighted by atomic mass is 127. The van der Waals surface area contributed by atoms with Crippen LogP contribution in [-0.2, 0) is 0 Å². The molecule has 0 bridgehead atoms. The van der Waals surface area contributed by atoms with Gasteiger partial charge in [-0.25, -0.2) is 4.99 Å². The maximum atomic E-state index is 5.94. The lowest BCUT2D eigenvalue weighted by atomic mass is 10.3. The molecule has 1 saturated heterocycles. The van der Waals surface area contributed by atoms with Gasteiger partial charge in [0.05, 0.1) is 6.54 Å². The van der Waals surface area contributed by atoms with Crippen LogP contribution in [0.3, 0.4) is 0 Å². The highest BCUT2D eigenvalue weighted by Crippen LogP contribution is 2.16. The number of nitrogens with two attached hydrogens (primary N) is 1. The molecule has 1 fully saturated rings. The van der Waals surface area contributed by atoms with Crippen LogP contribution >= 0.6 is 47.3 Å². The Kier molecular flexibility index (Phi) is 8.47. The monoisotopic (exact) mass is 427 g/mol. The summed E-state index contributed by atoms with van der Waals surface area (Å²) in [5.74, 6) is 3.62. The number of rotatable bonds is 4. The Morgan fingerprint density at radius 1 is 1.40 bits per heavy atom. The molecule has 0 amide bonds. The first-order chi connectivity index (χ1) is 9.25. The van der Waals surface area contributed by atoms with Gasteiger partial charge in [0, 0.05) is 29.6 Å². The van der Waals surface area contributed by atoms with Crippen LogP contribution in [0, 0.1) is 0 Å². The summed E-state index contributed by atoms with van der Waals surface area (Å²) in [7, 11) is 0. The standard InChI is InChI=1S/C13H18ClN3OS.HI/c14-11-2-1-3-12(10-11)18-7-4-16-13(15)17-5-8-19-9-6-17;/h1-3,10H,4-9H2,(H2,15,16);1H. The van der Waals surface area contributed by atoms with Crippen molar-refractivity contribution in [3.63, 3.8) is 0 Å². The molecule has 7 heteroatoms. The minimum Gasteiger partial charge on any atom is -0.492 e. The summed E-state index contributed by atoms with van der Waals surface area (Å²) >= 11 is 7.83. The zero-order valence-corrected chi connectivity index (χ0v) is 15.0. The van der Waals surface area contributed by atoms with Crippen molar-refractivity contribution in [1.29, 1.82) is 0 Å². The van der Waals surface area contributed by atoms with Crippen LogP contribution in [0.5, 0.6) is 5.75 Å². The molecule has 0 aliphatic carbocycles. The first kappa shape index (κ1) is 17.7. The smallest absolute Gasteiger partial charge is 0.191 e. The molecular weight excluding hydrogens is 409 g/mol. The average molecular weight is 428 g/mol. The molecular formula is C13H19ClIN3OS. The van der Waals surface area contributed by atoms with E-state index in [9.17, 15) is 0 Å². The number of halogens is 2. The number of hydrogen-bond acceptors (Lipinski definition) is 3. The van der Waals surface area contributed by atoms with E-state index in [-0.39, 0.29) is 24.0 Å². The molecule has 2 N–H and O–H groups in total. The van der Waals surface area contributed by atoms with Crippen molar-refractivity contribution >= 4 is 53.3 Å². The quantitative estimate of drug-likeness (QED) is 0.347. The van der Waals surface area contributed by atoms with Crippen LogP contribution in [0.1, 0.15) is 0 Å². The number of guanidine groups is 1. The van der Waals surface area contributed by atoms with Gasteiger partial charge in [-0.2, -0.15) is 11.8 Å². The lowest BCUT2D eigenvalue weighted by molar-refractivity contribution is 0.327. The molecule has 112 valence electrons. The third-order valence-electron chi connectivity index (χ3n) is 2.76. The van der Waals surface area contributed by atoms with Gasteiger partial charge in [-0.3, -0.25) is 0 Å². The van der Waals surface area contributed by atoms with Gasteiger partial charge in [0.25, 0.3) is 0 Å². The van der Waals surface area contributed by atoms with Crippen molar-refractivity contribution in [2.24, 2.45) is 10.7 Å². The summed E-state index contributed by atoms with van der Waals surface area (Å²) in [6.07, 6.45) is 0. The first-order valence-corrected chi connectivity index (χ1v) is 7.80. The minimum atomic E-state index is 0. The summed E-state index contributed by atoms with van der Waals surface area (Å²) in [5, 5.41) is 0.673. The second-order valence-corrected chi connectivity index (χ2v) is 5.81. The zero-order chi connectivity index (χ0) is 13.5. The van der Waals surface area contributed by atoms with Crippen molar-refractivity contribution < 1.29 is 4.74 Å². The normalized spacial score (nSPS) is 15.7. The Labute approximate surface area is 146 Å². The van der Waals surface area contributed by atoms with Crippen LogP contribution in [0.4, 0.5) is 0 Å². The van der Waals surface area contributed by atoms with E-state index in [0.717, 1.165) is 30.3 Å². The van der Waals surface area contributed by atoms with Crippen molar-refractivity contribution in [2.45, 2.75) is 0 Å². The lowest BCUT2D eigenvalue weighted by Crippen LogP contribution is -2.42. The summed E-state index contributed by atoms with van der Waals surface area (Å²) < 4.78 is 5.55. The topological polar surface area (TPSA) is 50.9 Å². The molecule has 1 heterocycles. The molecule has 20 heavy (non-hydrogen) atoms. The van der Waals surface area contributed by atoms with E-state index in [1.807, 2.05) is 30.0 Å². The average Bonchev–Trinajstić information content (AvgIpc) is 2.44. The summed E-state index contributed by atoms with van der Waals surface area (Å²) in [4.78, 5) is 6.46. The molecule has 0 radical (unpaired) electrons. The van der Waals surface area contributed by atoms with Gasteiger partial charge in [0.2, 0.25) is 0 Å². The molecule has 0 unspecified atom stereocenters. The Morgan fingerprint density at radius 2 is 2.15 bits per heavy atom. The fourth-order valence-electron chi connectivity index (χ4n) is 1.77. The maximum Gasteiger partial charge on any atom is 0.191 e. The molecule has 1 aromatic carbocycles. The Bertz CT molecular complexity index is 441. The van der Waals surface area contributed by atoms with Crippen LogP contribution < -0.4 is 10.5 Å². The van der Waals surface area contributed by atoms with Gasteiger partial charge >= 0.3 is 0 Å². The summed E-state index contributed by atoms with van der Waals surface area (Å²) in [6.45, 7) is 3.02. The molecule has 1 aliphatic rings. The minimum absolute atomic E-state index is 0. The number of thioether (sulfide) groups is 1. The fraction of sp³-hybridized carbons (Fsp3) is 0.462. The molecule has 1 aliphatic heterocycles. The first-order valence-electron chi connectivity index (χ1n) is 6.27. The van der Waals surface area contributed by atoms with Gasteiger partial charge in [-0.15, -0.1) is 24.0 Å². The Hall–Kier alpha value is -0.340. The third kappa shape index (κ3) is 5.97. The number of hydrogen-bond donors (Lipinski definition) is 1. The van der Waals surface area contributed by atoms with Crippen molar-refractivity contribution in [1.82, 2.24) is 4.90 Å². The molecule has 0 atom stereocenters. The summed E-state index contributed by atoms with van der Waals surface area (Å²) in [5.41, 5.74) is 5.94. The van der Waals surface area contributed by atoms with E-state index in [2.05, 4.69) is 9.89 Å². The Morgan fingerprint density at radius 3 is 2.85 bits per heavy atom. The van der Waals surface area contributed by atoms with Crippen molar-refractivity contribution in [2.75, 3.05) is 37.7 Å². The van der Waals surface area contributed by atoms with Crippen LogP contribution in [0.25, 0.3) is 0 Å². The Balaban J connectivity index is 0.00000200. The number of nitrogens with zero attached hydrogens (tertiary/aromatic N) is 2. The molecule has 2 rings (SSSR count). The molecule has 0 spiro atoms. The maximum absolute atomic E-state index is 5.94. The van der Waals surface area contributed by atoms with E-state index in [1.54, 1.807) is 6.07 Å². The molecule has 1 aromatic rings. The fourth-order valence-corrected chi connectivity index (χ4v) is 2.86.